The molecule has 1 aliphatic rings. The van der Waals surface area contributed by atoms with Crippen LogP contribution in [0.1, 0.15) is 13.8 Å². The van der Waals surface area contributed by atoms with Gasteiger partial charge in [-0.3, -0.25) is 5.32 Å². The lowest BCUT2D eigenvalue weighted by Gasteiger charge is -2.24. The number of rotatable bonds is 6. The second-order valence-corrected chi connectivity index (χ2v) is 5.83. The predicted molar refractivity (Wildman–Crippen MR) is 93.9 cm³/mol. The van der Waals surface area contributed by atoms with E-state index >= 15 is 0 Å². The summed E-state index contributed by atoms with van der Waals surface area (Å²) < 4.78 is 1.09. The number of nitrogens with one attached hydrogen (secondary N) is 1. The van der Waals surface area contributed by atoms with Crippen LogP contribution in [0.15, 0.2) is 83.5 Å². The maximum Gasteiger partial charge on any atom is 0.0574 e. The molecule has 1 rings (SSSR count). The topological polar surface area (TPSA) is 12.0 Å². The van der Waals surface area contributed by atoms with Gasteiger partial charge in [0.05, 0.1) is 6.04 Å². The highest BCUT2D eigenvalue weighted by Gasteiger charge is 2.16. The Balaban J connectivity index is 2.98. The number of allylic oxidation sites excluding steroid dienone is 6. The summed E-state index contributed by atoms with van der Waals surface area (Å²) in [6.45, 7) is 12.0. The molecule has 0 aromatic carbocycles. The molecule has 0 fully saturated rings. The van der Waals surface area contributed by atoms with Crippen LogP contribution in [0.2, 0.25) is 0 Å². The van der Waals surface area contributed by atoms with Gasteiger partial charge in [-0.25, -0.2) is 0 Å². The third-order valence-electron chi connectivity index (χ3n) is 2.99. The smallest absolute Gasteiger partial charge is 0.0574 e. The summed E-state index contributed by atoms with van der Waals surface area (Å²) in [5.41, 5.74) is 2.13. The summed E-state index contributed by atoms with van der Waals surface area (Å²) in [6, 6.07) is 0.216. The lowest BCUT2D eigenvalue weighted by Crippen LogP contribution is -2.38. The van der Waals surface area contributed by atoms with Crippen LogP contribution in [0.5, 0.6) is 0 Å². The molecule has 1 unspecified atom stereocenters. The molecule has 0 amide bonds. The fraction of sp³-hybridized carbons (Fsp3) is 0.222. The van der Waals surface area contributed by atoms with Gasteiger partial charge in [0.2, 0.25) is 0 Å². The standard InChI is InChI=1S/C18H22BrN/c1-5-14(3)18(16(6-2)13-15(4)19)20-17-11-9-7-8-10-12-17/h5-13,17-18,20H,1,3H2,2,4H3/b15-13+,16-6+. The first-order chi connectivity index (χ1) is 9.58. The van der Waals surface area contributed by atoms with Gasteiger partial charge in [-0.05, 0) is 35.6 Å². The van der Waals surface area contributed by atoms with E-state index in [-0.39, 0.29) is 12.1 Å². The lowest BCUT2D eigenvalue weighted by molar-refractivity contribution is 0.631. The van der Waals surface area contributed by atoms with E-state index in [0.717, 1.165) is 10.1 Å². The molecule has 1 N–H and O–H groups in total. The monoisotopic (exact) mass is 331 g/mol. The van der Waals surface area contributed by atoms with Crippen LogP contribution in [-0.2, 0) is 0 Å². The largest absolute Gasteiger partial charge is 0.296 e. The highest BCUT2D eigenvalue weighted by Crippen LogP contribution is 2.18. The Morgan fingerprint density at radius 1 is 1.25 bits per heavy atom. The number of hydrogen-bond acceptors (Lipinski definition) is 1. The first kappa shape index (κ1) is 16.7. The van der Waals surface area contributed by atoms with Gasteiger partial charge in [-0.1, -0.05) is 77.7 Å². The van der Waals surface area contributed by atoms with Gasteiger partial charge in [-0.2, -0.15) is 0 Å². The van der Waals surface area contributed by atoms with Crippen molar-refractivity contribution in [3.63, 3.8) is 0 Å². The van der Waals surface area contributed by atoms with Crippen LogP contribution in [0.3, 0.4) is 0 Å². The minimum atomic E-state index is 0.0439. The number of hydrogen-bond donors (Lipinski definition) is 1. The fourth-order valence-corrected chi connectivity index (χ4v) is 2.23. The molecule has 20 heavy (non-hydrogen) atoms. The number of halogens is 1. The molecule has 0 bridgehead atoms. The van der Waals surface area contributed by atoms with Crippen molar-refractivity contribution < 1.29 is 0 Å². The van der Waals surface area contributed by atoms with E-state index in [2.05, 4.69) is 58.7 Å². The molecule has 0 aliphatic heterocycles. The maximum absolute atomic E-state index is 4.11. The second kappa shape index (κ2) is 8.72. The molecule has 0 saturated carbocycles. The minimum absolute atomic E-state index is 0.0439. The molecule has 0 heterocycles. The first-order valence-electron chi connectivity index (χ1n) is 6.67. The van der Waals surface area contributed by atoms with E-state index in [9.17, 15) is 0 Å². The van der Waals surface area contributed by atoms with Gasteiger partial charge in [0.15, 0.2) is 0 Å². The lowest BCUT2D eigenvalue weighted by atomic mass is 9.97. The third kappa shape index (κ3) is 5.32. The average Bonchev–Trinajstić information content (AvgIpc) is 2.70. The minimum Gasteiger partial charge on any atom is -0.296 e. The van der Waals surface area contributed by atoms with Crippen LogP contribution in [0.4, 0.5) is 0 Å². The summed E-state index contributed by atoms with van der Waals surface area (Å²) in [5, 5.41) is 3.58. The van der Waals surface area contributed by atoms with Gasteiger partial charge in [-0.15, -0.1) is 0 Å². The Morgan fingerprint density at radius 2 is 1.85 bits per heavy atom. The van der Waals surface area contributed by atoms with Crippen molar-refractivity contribution in [3.05, 3.63) is 83.5 Å². The summed E-state index contributed by atoms with van der Waals surface area (Å²) in [4.78, 5) is 0. The van der Waals surface area contributed by atoms with Crippen LogP contribution in [-0.4, -0.2) is 12.1 Å². The summed E-state index contributed by atoms with van der Waals surface area (Å²) in [7, 11) is 0. The van der Waals surface area contributed by atoms with Gasteiger partial charge in [0.1, 0.15) is 0 Å². The zero-order valence-corrected chi connectivity index (χ0v) is 13.7. The van der Waals surface area contributed by atoms with E-state index < -0.39 is 0 Å². The van der Waals surface area contributed by atoms with Crippen molar-refractivity contribution in [3.8, 4) is 0 Å². The van der Waals surface area contributed by atoms with Gasteiger partial charge in [0, 0.05) is 6.04 Å². The third-order valence-corrected chi connectivity index (χ3v) is 3.22. The van der Waals surface area contributed by atoms with Crippen molar-refractivity contribution in [2.45, 2.75) is 25.9 Å². The Bertz CT molecular complexity index is 484. The van der Waals surface area contributed by atoms with Gasteiger partial charge >= 0.3 is 0 Å². The van der Waals surface area contributed by atoms with Crippen LogP contribution in [0, 0.1) is 0 Å². The van der Waals surface area contributed by atoms with Crippen molar-refractivity contribution in [2.24, 2.45) is 0 Å². The van der Waals surface area contributed by atoms with E-state index in [0.29, 0.717) is 0 Å². The molecule has 1 nitrogen and oxygen atoms in total. The molecule has 0 spiro atoms. The molecular formula is C18H22BrN. The Morgan fingerprint density at radius 3 is 2.30 bits per heavy atom. The Kier molecular flexibility index (Phi) is 7.27. The molecule has 2 heteroatoms. The first-order valence-corrected chi connectivity index (χ1v) is 7.46. The van der Waals surface area contributed by atoms with E-state index in [1.54, 1.807) is 6.08 Å². The van der Waals surface area contributed by atoms with E-state index in [1.807, 2.05) is 38.2 Å². The fourth-order valence-electron chi connectivity index (χ4n) is 1.96. The zero-order chi connectivity index (χ0) is 15.0. The molecule has 106 valence electrons. The van der Waals surface area contributed by atoms with Crippen molar-refractivity contribution in [1.82, 2.24) is 5.32 Å². The quantitative estimate of drug-likeness (QED) is 0.676. The molecule has 1 atom stereocenters. The van der Waals surface area contributed by atoms with Gasteiger partial charge in [0.25, 0.3) is 0 Å². The SMILES string of the molecule is C=CC(=C)C(NC1C=CC=CC=C1)C(/C=C(\C)Br)=C/C. The van der Waals surface area contributed by atoms with Crippen molar-refractivity contribution >= 4 is 15.9 Å². The Hall–Kier alpha value is -1.38. The molecule has 0 saturated heterocycles. The second-order valence-electron chi connectivity index (χ2n) is 4.58. The maximum atomic E-state index is 4.11. The average molecular weight is 332 g/mol. The molecule has 0 radical (unpaired) electrons. The highest BCUT2D eigenvalue weighted by molar-refractivity contribution is 9.11. The predicted octanol–water partition coefficient (Wildman–Crippen LogP) is 4.98. The van der Waals surface area contributed by atoms with Crippen molar-refractivity contribution in [2.75, 3.05) is 0 Å². The molecule has 1 aliphatic carbocycles. The molecule has 0 aromatic heterocycles. The molecule has 0 aromatic rings. The van der Waals surface area contributed by atoms with Crippen LogP contribution in [0.25, 0.3) is 0 Å². The van der Waals surface area contributed by atoms with Gasteiger partial charge < -0.3 is 0 Å². The van der Waals surface area contributed by atoms with E-state index in [1.165, 1.54) is 5.57 Å². The Labute approximate surface area is 131 Å². The summed E-state index contributed by atoms with van der Waals surface area (Å²) >= 11 is 3.49. The highest BCUT2D eigenvalue weighted by atomic mass is 79.9. The normalized spacial score (nSPS) is 17.9. The summed E-state index contributed by atoms with van der Waals surface area (Å²) in [6.07, 6.45) is 18.4. The van der Waals surface area contributed by atoms with Crippen molar-refractivity contribution in [1.29, 1.82) is 0 Å². The van der Waals surface area contributed by atoms with Crippen LogP contribution >= 0.6 is 15.9 Å². The summed E-state index contributed by atoms with van der Waals surface area (Å²) in [5.74, 6) is 0. The molecular weight excluding hydrogens is 310 g/mol. The van der Waals surface area contributed by atoms with Crippen LogP contribution < -0.4 is 5.32 Å². The zero-order valence-electron chi connectivity index (χ0n) is 12.1. The van der Waals surface area contributed by atoms with E-state index in [4.69, 9.17) is 0 Å².